The van der Waals surface area contributed by atoms with Crippen LogP contribution in [0.3, 0.4) is 0 Å². The molecule has 0 radical (unpaired) electrons. The van der Waals surface area contributed by atoms with Gasteiger partial charge in [-0.3, -0.25) is 4.79 Å². The van der Waals surface area contributed by atoms with Crippen LogP contribution >= 0.6 is 0 Å². The lowest BCUT2D eigenvalue weighted by Gasteiger charge is -2.23. The van der Waals surface area contributed by atoms with Crippen molar-refractivity contribution in [2.45, 2.75) is 51.4 Å². The van der Waals surface area contributed by atoms with Gasteiger partial charge in [0.05, 0.1) is 6.42 Å². The molecule has 1 aromatic rings. The number of rotatable bonds is 4. The van der Waals surface area contributed by atoms with Gasteiger partial charge in [-0.2, -0.15) is 4.98 Å². The average Bonchev–Trinajstić information content (AvgIpc) is 2.75. The number of carboxylic acid groups (broad SMARTS) is 1. The Kier molecular flexibility index (Phi) is 3.76. The molecule has 1 aromatic heterocycles. The zero-order chi connectivity index (χ0) is 12.3. The van der Waals surface area contributed by atoms with E-state index in [1.807, 2.05) is 0 Å². The lowest BCUT2D eigenvalue weighted by atomic mass is 9.82. The first-order valence-electron chi connectivity index (χ1n) is 6.19. The summed E-state index contributed by atoms with van der Waals surface area (Å²) in [4.78, 5) is 14.7. The largest absolute Gasteiger partial charge is 0.481 e. The molecule has 0 aliphatic heterocycles. The molecule has 1 aliphatic carbocycles. The fourth-order valence-corrected chi connectivity index (χ4v) is 2.42. The molecule has 94 valence electrons. The quantitative estimate of drug-likeness (QED) is 0.871. The maximum absolute atomic E-state index is 10.4. The zero-order valence-corrected chi connectivity index (χ0v) is 10.1. The standard InChI is InChI=1S/C12H18N2O3/c1-8-3-2-4-9(7-8)12-13-10(17-14-12)5-6-11(15)16/h8-9H,2-7H2,1H3,(H,15,16). The van der Waals surface area contributed by atoms with Crippen LogP contribution in [-0.2, 0) is 11.2 Å². The second-order valence-corrected chi connectivity index (χ2v) is 4.91. The molecule has 0 amide bonds. The van der Waals surface area contributed by atoms with Crippen molar-refractivity contribution in [1.29, 1.82) is 0 Å². The van der Waals surface area contributed by atoms with Crippen molar-refractivity contribution < 1.29 is 14.4 Å². The molecule has 2 rings (SSSR count). The molecule has 0 bridgehead atoms. The van der Waals surface area contributed by atoms with E-state index in [0.717, 1.165) is 24.6 Å². The number of hydrogen-bond acceptors (Lipinski definition) is 4. The Morgan fingerprint density at radius 3 is 3.06 bits per heavy atom. The number of nitrogens with zero attached hydrogens (tertiary/aromatic N) is 2. The van der Waals surface area contributed by atoms with E-state index in [1.165, 1.54) is 12.8 Å². The van der Waals surface area contributed by atoms with Gasteiger partial charge in [-0.1, -0.05) is 24.9 Å². The number of aromatic nitrogens is 2. The molecule has 0 spiro atoms. The van der Waals surface area contributed by atoms with Crippen LogP contribution in [0.15, 0.2) is 4.52 Å². The maximum Gasteiger partial charge on any atom is 0.303 e. The summed E-state index contributed by atoms with van der Waals surface area (Å²) in [5.41, 5.74) is 0. The van der Waals surface area contributed by atoms with E-state index in [9.17, 15) is 4.79 Å². The summed E-state index contributed by atoms with van der Waals surface area (Å²) in [6.07, 6.45) is 5.08. The van der Waals surface area contributed by atoms with E-state index < -0.39 is 5.97 Å². The molecule has 1 aliphatic rings. The van der Waals surface area contributed by atoms with E-state index in [2.05, 4.69) is 17.1 Å². The summed E-state index contributed by atoms with van der Waals surface area (Å²) in [6, 6.07) is 0. The number of hydrogen-bond donors (Lipinski definition) is 1. The fourth-order valence-electron chi connectivity index (χ4n) is 2.42. The summed E-state index contributed by atoms with van der Waals surface area (Å²) in [5.74, 6) is 1.48. The third-order valence-corrected chi connectivity index (χ3v) is 3.34. The van der Waals surface area contributed by atoms with Crippen LogP contribution < -0.4 is 0 Å². The van der Waals surface area contributed by atoms with Crippen LogP contribution in [-0.4, -0.2) is 21.2 Å². The highest BCUT2D eigenvalue weighted by atomic mass is 16.5. The van der Waals surface area contributed by atoms with Gasteiger partial charge < -0.3 is 9.63 Å². The van der Waals surface area contributed by atoms with Crippen molar-refractivity contribution in [3.63, 3.8) is 0 Å². The molecule has 0 aromatic carbocycles. The minimum absolute atomic E-state index is 0.0443. The predicted octanol–water partition coefficient (Wildman–Crippen LogP) is 2.38. The number of carboxylic acids is 1. The molecule has 1 N–H and O–H groups in total. The molecule has 2 unspecified atom stereocenters. The number of carbonyl (C=O) groups is 1. The monoisotopic (exact) mass is 238 g/mol. The van der Waals surface area contributed by atoms with Crippen molar-refractivity contribution in [3.05, 3.63) is 11.7 Å². The van der Waals surface area contributed by atoms with Gasteiger partial charge in [0.25, 0.3) is 0 Å². The molecule has 2 atom stereocenters. The molecule has 1 heterocycles. The van der Waals surface area contributed by atoms with Crippen molar-refractivity contribution in [2.24, 2.45) is 5.92 Å². The molecule has 0 saturated heterocycles. The van der Waals surface area contributed by atoms with Crippen molar-refractivity contribution in [3.8, 4) is 0 Å². The van der Waals surface area contributed by atoms with Gasteiger partial charge in [-0.25, -0.2) is 0 Å². The molecule has 5 nitrogen and oxygen atoms in total. The van der Waals surface area contributed by atoms with Crippen molar-refractivity contribution >= 4 is 5.97 Å². The Morgan fingerprint density at radius 1 is 1.53 bits per heavy atom. The van der Waals surface area contributed by atoms with E-state index in [1.54, 1.807) is 0 Å². The van der Waals surface area contributed by atoms with Gasteiger partial charge in [0, 0.05) is 12.3 Å². The van der Waals surface area contributed by atoms with Gasteiger partial charge in [-0.15, -0.1) is 0 Å². The van der Waals surface area contributed by atoms with Crippen LogP contribution in [0.1, 0.15) is 56.7 Å². The SMILES string of the molecule is CC1CCCC(c2noc(CCC(=O)O)n2)C1. The molecule has 1 fully saturated rings. The fraction of sp³-hybridized carbons (Fsp3) is 0.750. The minimum Gasteiger partial charge on any atom is -0.481 e. The van der Waals surface area contributed by atoms with Crippen LogP contribution in [0.5, 0.6) is 0 Å². The molecular formula is C12H18N2O3. The normalized spacial score (nSPS) is 24.8. The van der Waals surface area contributed by atoms with Gasteiger partial charge in [0.1, 0.15) is 0 Å². The molecule has 5 heteroatoms. The van der Waals surface area contributed by atoms with E-state index in [-0.39, 0.29) is 6.42 Å². The van der Waals surface area contributed by atoms with Crippen LogP contribution in [0, 0.1) is 5.92 Å². The summed E-state index contributed by atoms with van der Waals surface area (Å²) >= 11 is 0. The highest BCUT2D eigenvalue weighted by Crippen LogP contribution is 2.34. The summed E-state index contributed by atoms with van der Waals surface area (Å²) in [6.45, 7) is 2.25. The second kappa shape index (κ2) is 5.29. The average molecular weight is 238 g/mol. The number of aryl methyl sites for hydroxylation is 1. The maximum atomic E-state index is 10.4. The first-order chi connectivity index (χ1) is 8.15. The van der Waals surface area contributed by atoms with Crippen molar-refractivity contribution in [2.75, 3.05) is 0 Å². The summed E-state index contributed by atoms with van der Waals surface area (Å²) in [5, 5.41) is 12.5. The Morgan fingerprint density at radius 2 is 2.35 bits per heavy atom. The Hall–Kier alpha value is -1.39. The van der Waals surface area contributed by atoms with Gasteiger partial charge in [0.2, 0.25) is 5.89 Å². The Balaban J connectivity index is 1.95. The van der Waals surface area contributed by atoms with Crippen LogP contribution in [0.2, 0.25) is 0 Å². The van der Waals surface area contributed by atoms with E-state index in [0.29, 0.717) is 18.2 Å². The summed E-state index contributed by atoms with van der Waals surface area (Å²) in [7, 11) is 0. The predicted molar refractivity (Wildman–Crippen MR) is 60.6 cm³/mol. The van der Waals surface area contributed by atoms with Gasteiger partial charge >= 0.3 is 5.97 Å². The van der Waals surface area contributed by atoms with E-state index >= 15 is 0 Å². The molecule has 17 heavy (non-hydrogen) atoms. The topological polar surface area (TPSA) is 76.2 Å². The Labute approximate surface area is 100 Å². The highest BCUT2D eigenvalue weighted by molar-refractivity contribution is 5.66. The number of aliphatic carboxylic acids is 1. The van der Waals surface area contributed by atoms with E-state index in [4.69, 9.17) is 9.63 Å². The zero-order valence-electron chi connectivity index (χ0n) is 10.1. The second-order valence-electron chi connectivity index (χ2n) is 4.91. The third-order valence-electron chi connectivity index (χ3n) is 3.34. The lowest BCUT2D eigenvalue weighted by Crippen LogP contribution is -2.12. The smallest absolute Gasteiger partial charge is 0.303 e. The Bertz CT molecular complexity index is 389. The molecular weight excluding hydrogens is 220 g/mol. The molecule has 1 saturated carbocycles. The first-order valence-corrected chi connectivity index (χ1v) is 6.19. The summed E-state index contributed by atoms with van der Waals surface area (Å²) < 4.78 is 5.08. The van der Waals surface area contributed by atoms with Crippen LogP contribution in [0.4, 0.5) is 0 Å². The van der Waals surface area contributed by atoms with Crippen LogP contribution in [0.25, 0.3) is 0 Å². The van der Waals surface area contributed by atoms with Gasteiger partial charge in [0.15, 0.2) is 5.82 Å². The van der Waals surface area contributed by atoms with Gasteiger partial charge in [-0.05, 0) is 18.8 Å². The van der Waals surface area contributed by atoms with Crippen molar-refractivity contribution in [1.82, 2.24) is 10.1 Å². The third kappa shape index (κ3) is 3.28. The minimum atomic E-state index is -0.837. The lowest BCUT2D eigenvalue weighted by molar-refractivity contribution is -0.137. The highest BCUT2D eigenvalue weighted by Gasteiger charge is 2.24. The first kappa shape index (κ1) is 12.1.